The van der Waals surface area contributed by atoms with Crippen molar-refractivity contribution < 1.29 is 24.2 Å². The second-order valence-electron chi connectivity index (χ2n) is 7.46. The van der Waals surface area contributed by atoms with Crippen LogP contribution in [0.4, 0.5) is 0 Å². The van der Waals surface area contributed by atoms with E-state index in [0.717, 1.165) is 21.1 Å². The van der Waals surface area contributed by atoms with E-state index in [2.05, 4.69) is 0 Å². The van der Waals surface area contributed by atoms with Gasteiger partial charge < -0.3 is 19.5 Å². The zero-order valence-corrected chi connectivity index (χ0v) is 20.3. The molecule has 2 aromatic carbocycles. The SMILES string of the molecule is CCOc1ccccc1Sc1ccc(/C=C/C(=O)N2CCCC(OCC)C2C(=O)O)cc1Cl. The van der Waals surface area contributed by atoms with Crippen LogP contribution in [0.2, 0.25) is 5.02 Å². The average Bonchev–Trinajstić information content (AvgIpc) is 2.80. The maximum atomic E-state index is 12.8. The highest BCUT2D eigenvalue weighted by Gasteiger charge is 2.39. The molecule has 2 atom stereocenters. The Labute approximate surface area is 203 Å². The number of ether oxygens (including phenoxy) is 2. The molecule has 1 fully saturated rings. The minimum atomic E-state index is -1.05. The van der Waals surface area contributed by atoms with Crippen LogP contribution in [-0.2, 0) is 14.3 Å². The van der Waals surface area contributed by atoms with Gasteiger partial charge in [0, 0.05) is 24.1 Å². The van der Waals surface area contributed by atoms with E-state index in [1.807, 2.05) is 50.2 Å². The Kier molecular flexibility index (Phi) is 9.23. The number of halogens is 1. The normalized spacial score (nSPS) is 18.5. The molecule has 1 heterocycles. The van der Waals surface area contributed by atoms with Crippen molar-refractivity contribution in [2.45, 2.75) is 48.6 Å². The number of likely N-dealkylation sites (tertiary alicyclic amines) is 1. The van der Waals surface area contributed by atoms with Crippen LogP contribution in [0.5, 0.6) is 5.75 Å². The molecule has 0 saturated carbocycles. The first-order valence-corrected chi connectivity index (χ1v) is 12.2. The lowest BCUT2D eigenvalue weighted by atomic mass is 9.98. The molecule has 2 unspecified atom stereocenters. The van der Waals surface area contributed by atoms with Gasteiger partial charge in [0.2, 0.25) is 5.91 Å². The molecule has 1 aliphatic rings. The topological polar surface area (TPSA) is 76.1 Å². The van der Waals surface area contributed by atoms with Crippen molar-refractivity contribution >= 4 is 41.3 Å². The van der Waals surface area contributed by atoms with E-state index in [4.69, 9.17) is 21.1 Å². The van der Waals surface area contributed by atoms with E-state index >= 15 is 0 Å². The molecular formula is C25H28ClNO5S. The summed E-state index contributed by atoms with van der Waals surface area (Å²) < 4.78 is 11.2. The molecule has 2 aromatic rings. The summed E-state index contributed by atoms with van der Waals surface area (Å²) in [6, 6.07) is 12.3. The number of carboxylic acids is 1. The Morgan fingerprint density at radius 2 is 1.97 bits per heavy atom. The number of rotatable bonds is 9. The van der Waals surface area contributed by atoms with Crippen molar-refractivity contribution in [3.8, 4) is 5.75 Å². The van der Waals surface area contributed by atoms with Gasteiger partial charge in [-0.1, -0.05) is 41.6 Å². The van der Waals surface area contributed by atoms with Gasteiger partial charge in [-0.3, -0.25) is 4.79 Å². The van der Waals surface area contributed by atoms with Crippen molar-refractivity contribution in [1.82, 2.24) is 4.90 Å². The number of para-hydroxylation sites is 1. The van der Waals surface area contributed by atoms with Gasteiger partial charge in [-0.25, -0.2) is 4.79 Å². The minimum Gasteiger partial charge on any atom is -0.493 e. The van der Waals surface area contributed by atoms with Gasteiger partial charge in [-0.05, 0) is 62.6 Å². The standard InChI is InChI=1S/C25H28ClNO5S/c1-3-31-19-8-5-6-10-22(19)33-21-13-11-17(16-18(21)26)12-14-23(28)27-15-7-9-20(32-4-2)24(27)25(29)30/h5-6,8,10-14,16,20,24H,3-4,7,9,15H2,1-2H3,(H,29,30)/b14-12+. The number of carbonyl (C=O) groups is 2. The molecule has 1 saturated heterocycles. The summed E-state index contributed by atoms with van der Waals surface area (Å²) in [6.07, 6.45) is 3.88. The lowest BCUT2D eigenvalue weighted by molar-refractivity contribution is -0.159. The van der Waals surface area contributed by atoms with Crippen LogP contribution in [0, 0.1) is 0 Å². The third-order valence-corrected chi connectivity index (χ3v) is 6.79. The molecule has 1 N–H and O–H groups in total. The van der Waals surface area contributed by atoms with Crippen LogP contribution in [-0.4, -0.2) is 53.8 Å². The van der Waals surface area contributed by atoms with Crippen molar-refractivity contribution in [3.63, 3.8) is 0 Å². The highest BCUT2D eigenvalue weighted by molar-refractivity contribution is 7.99. The number of amides is 1. The molecule has 1 amide bonds. The Balaban J connectivity index is 1.72. The van der Waals surface area contributed by atoms with Gasteiger partial charge in [0.1, 0.15) is 5.75 Å². The molecule has 0 aliphatic carbocycles. The fourth-order valence-electron chi connectivity index (χ4n) is 3.78. The first-order valence-electron chi connectivity index (χ1n) is 11.0. The van der Waals surface area contributed by atoms with E-state index in [0.29, 0.717) is 37.6 Å². The quantitative estimate of drug-likeness (QED) is 0.476. The summed E-state index contributed by atoms with van der Waals surface area (Å²) in [5.41, 5.74) is 0.751. The highest BCUT2D eigenvalue weighted by Crippen LogP contribution is 2.38. The van der Waals surface area contributed by atoms with Crippen LogP contribution in [0.15, 0.2) is 58.3 Å². The molecule has 3 rings (SSSR count). The summed E-state index contributed by atoms with van der Waals surface area (Å²) in [5, 5.41) is 10.2. The molecule has 8 heteroatoms. The summed E-state index contributed by atoms with van der Waals surface area (Å²) in [6.45, 7) is 5.13. The predicted molar refractivity (Wildman–Crippen MR) is 130 cm³/mol. The third kappa shape index (κ3) is 6.53. The van der Waals surface area contributed by atoms with Crippen molar-refractivity contribution in [2.24, 2.45) is 0 Å². The molecule has 0 aromatic heterocycles. The largest absolute Gasteiger partial charge is 0.493 e. The highest BCUT2D eigenvalue weighted by atomic mass is 35.5. The third-order valence-electron chi connectivity index (χ3n) is 5.24. The van der Waals surface area contributed by atoms with Gasteiger partial charge in [-0.2, -0.15) is 0 Å². The Bertz CT molecular complexity index is 1010. The van der Waals surface area contributed by atoms with Crippen molar-refractivity contribution in [2.75, 3.05) is 19.8 Å². The van der Waals surface area contributed by atoms with Gasteiger partial charge in [0.05, 0.1) is 22.6 Å². The summed E-state index contributed by atoms with van der Waals surface area (Å²) in [4.78, 5) is 27.8. The molecular weight excluding hydrogens is 462 g/mol. The van der Waals surface area contributed by atoms with Crippen molar-refractivity contribution in [1.29, 1.82) is 0 Å². The van der Waals surface area contributed by atoms with E-state index in [1.54, 1.807) is 12.1 Å². The molecule has 1 aliphatic heterocycles. The van der Waals surface area contributed by atoms with Gasteiger partial charge >= 0.3 is 5.97 Å². The Morgan fingerprint density at radius 3 is 2.67 bits per heavy atom. The monoisotopic (exact) mass is 489 g/mol. The number of benzene rings is 2. The minimum absolute atomic E-state index is 0.355. The van der Waals surface area contributed by atoms with E-state index < -0.39 is 18.1 Å². The zero-order valence-electron chi connectivity index (χ0n) is 18.7. The smallest absolute Gasteiger partial charge is 0.329 e. The molecule has 0 bridgehead atoms. The van der Waals surface area contributed by atoms with Gasteiger partial charge in [0.15, 0.2) is 6.04 Å². The lowest BCUT2D eigenvalue weighted by Crippen LogP contribution is -2.55. The molecule has 0 radical (unpaired) electrons. The number of carboxylic acid groups (broad SMARTS) is 1. The molecule has 6 nitrogen and oxygen atoms in total. The van der Waals surface area contributed by atoms with E-state index in [1.165, 1.54) is 22.7 Å². The fraction of sp³-hybridized carbons (Fsp3) is 0.360. The van der Waals surface area contributed by atoms with Crippen LogP contribution in [0.25, 0.3) is 6.08 Å². The second kappa shape index (κ2) is 12.1. The average molecular weight is 490 g/mol. The molecule has 0 spiro atoms. The van der Waals surface area contributed by atoms with Gasteiger partial charge in [0.25, 0.3) is 0 Å². The second-order valence-corrected chi connectivity index (χ2v) is 8.95. The summed E-state index contributed by atoms with van der Waals surface area (Å²) in [5.74, 6) is -0.603. The van der Waals surface area contributed by atoms with Crippen molar-refractivity contribution in [3.05, 3.63) is 59.1 Å². The summed E-state index contributed by atoms with van der Waals surface area (Å²) in [7, 11) is 0. The van der Waals surface area contributed by atoms with Crippen LogP contribution < -0.4 is 4.74 Å². The number of aliphatic carboxylic acids is 1. The maximum Gasteiger partial charge on any atom is 0.329 e. The predicted octanol–water partition coefficient (Wildman–Crippen LogP) is 5.38. The number of hydrogen-bond donors (Lipinski definition) is 1. The lowest BCUT2D eigenvalue weighted by Gasteiger charge is -2.37. The van der Waals surface area contributed by atoms with E-state index in [-0.39, 0.29) is 5.91 Å². The Morgan fingerprint density at radius 1 is 1.18 bits per heavy atom. The van der Waals surface area contributed by atoms with Crippen LogP contribution in [0.1, 0.15) is 32.3 Å². The number of carbonyl (C=O) groups excluding carboxylic acids is 1. The number of nitrogens with zero attached hydrogens (tertiary/aromatic N) is 1. The molecule has 176 valence electrons. The number of hydrogen-bond acceptors (Lipinski definition) is 5. The van der Waals surface area contributed by atoms with E-state index in [9.17, 15) is 14.7 Å². The maximum absolute atomic E-state index is 12.8. The number of piperidine rings is 1. The van der Waals surface area contributed by atoms with Crippen LogP contribution >= 0.6 is 23.4 Å². The van der Waals surface area contributed by atoms with Gasteiger partial charge in [-0.15, -0.1) is 0 Å². The van der Waals surface area contributed by atoms with Crippen LogP contribution in [0.3, 0.4) is 0 Å². The molecule has 33 heavy (non-hydrogen) atoms. The first kappa shape index (κ1) is 25.1. The Hall–Kier alpha value is -2.48. The first-order chi connectivity index (χ1) is 15.9. The zero-order chi connectivity index (χ0) is 23.8. The summed E-state index contributed by atoms with van der Waals surface area (Å²) >= 11 is 8.02. The fourth-order valence-corrected chi connectivity index (χ4v) is 4.99.